The van der Waals surface area contributed by atoms with Gasteiger partial charge in [-0.2, -0.15) is 24.5 Å². The first-order chi connectivity index (χ1) is 46.4. The van der Waals surface area contributed by atoms with Gasteiger partial charge in [0.25, 0.3) is 17.7 Å². The maximum atomic E-state index is 13.4. The largest absolute Gasteiger partial charge is 0.459 e. The summed E-state index contributed by atoms with van der Waals surface area (Å²) in [4.78, 5) is 123. The number of carbonyl (C=O) groups is 3. The number of halogens is 3. The summed E-state index contributed by atoms with van der Waals surface area (Å²) in [5, 5.41) is 45.1. The fourth-order valence-corrected chi connectivity index (χ4v) is 14.4. The molecule has 0 bridgehead atoms. The summed E-state index contributed by atoms with van der Waals surface area (Å²) in [5.74, 6) is -0.242. The summed E-state index contributed by atoms with van der Waals surface area (Å²) < 4.78 is 47.8. The van der Waals surface area contributed by atoms with Gasteiger partial charge in [-0.1, -0.05) is 110 Å². The minimum absolute atomic E-state index is 0. The minimum Gasteiger partial charge on any atom is -0.459 e. The first-order valence-corrected chi connectivity index (χ1v) is 33.3. The number of fused-ring (bicyclic) bond motifs is 3. The molecule has 0 aliphatic carbocycles. The molecule has 3 saturated heterocycles. The molecule has 0 radical (unpaired) electrons. The molecule has 0 unspecified atom stereocenters. The van der Waals surface area contributed by atoms with Crippen molar-refractivity contribution in [3.05, 3.63) is 226 Å². The second kappa shape index (κ2) is 31.6. The van der Waals surface area contributed by atoms with E-state index in [1.165, 1.54) is 84.6 Å². The van der Waals surface area contributed by atoms with Gasteiger partial charge in [0.05, 0.1) is 53.9 Å². The van der Waals surface area contributed by atoms with Gasteiger partial charge in [-0.25, -0.2) is 0 Å². The molecule has 10 aromatic rings. The molecule has 0 spiro atoms. The van der Waals surface area contributed by atoms with Gasteiger partial charge in [0.2, 0.25) is 0 Å². The van der Waals surface area contributed by atoms with E-state index in [9.17, 15) is 72.3 Å². The zero-order valence-electron chi connectivity index (χ0n) is 52.5. The third kappa shape index (κ3) is 16.0. The molecule has 0 N–H and O–H groups in total. The van der Waals surface area contributed by atoms with Crippen LogP contribution >= 0.6 is 34.0 Å². The van der Waals surface area contributed by atoms with Gasteiger partial charge in [0.1, 0.15) is 23.6 Å². The number of alkyl halides is 3. The van der Waals surface area contributed by atoms with Crippen LogP contribution in [0.5, 0.6) is 0 Å². The van der Waals surface area contributed by atoms with Gasteiger partial charge in [-0.05, 0) is 81.0 Å². The van der Waals surface area contributed by atoms with E-state index in [4.69, 9.17) is 4.42 Å². The summed E-state index contributed by atoms with van der Waals surface area (Å²) in [6.45, 7) is 9.09. The van der Waals surface area contributed by atoms with E-state index in [0.717, 1.165) is 5.56 Å². The van der Waals surface area contributed by atoms with Gasteiger partial charge in [0, 0.05) is 101 Å². The molecular weight excluding hydrogens is 1360 g/mol. The number of benzene rings is 3. The number of thiophene rings is 3. The summed E-state index contributed by atoms with van der Waals surface area (Å²) >= 11 is 4.32. The van der Waals surface area contributed by atoms with E-state index in [2.05, 4.69) is 0 Å². The Labute approximate surface area is 583 Å². The Balaban J connectivity index is 0.000000188. The average molecular weight is 1430 g/mol. The Morgan fingerprint density at radius 1 is 0.470 bits per heavy atom. The molecule has 3 amide bonds. The molecule has 3 aliphatic heterocycles. The van der Waals surface area contributed by atoms with Crippen molar-refractivity contribution in [3.63, 3.8) is 0 Å². The predicted molar refractivity (Wildman–Crippen MR) is 385 cm³/mol. The number of para-hydroxylation sites is 3. The molecule has 3 fully saturated rings. The van der Waals surface area contributed by atoms with Crippen LogP contribution in [0.25, 0.3) is 32.7 Å². The van der Waals surface area contributed by atoms with Crippen LogP contribution in [0.4, 0.5) is 47.3 Å². The van der Waals surface area contributed by atoms with Gasteiger partial charge in [0.15, 0.2) is 5.76 Å². The molecule has 0 saturated carbocycles. The number of furan rings is 1. The first kappa shape index (κ1) is 75.2. The number of nitrogens with zero attached hydrogens (tertiary/aromatic N) is 12. The van der Waals surface area contributed by atoms with E-state index >= 15 is 0 Å². The zero-order chi connectivity index (χ0) is 69.0. The Morgan fingerprint density at radius 2 is 0.840 bits per heavy atom. The lowest BCUT2D eigenvalue weighted by atomic mass is 9.96. The summed E-state index contributed by atoms with van der Waals surface area (Å²) in [5.41, 5.74) is -1.62. The monoisotopic (exact) mass is 1430 g/mol. The standard InChI is InChI=1S/C23H20N4O4S2.C23H26N4O4S.C20H17F3N4O5.3CH4/c28-22(19-6-3-12-33-19)25-10-8-24(9-11-25)20-17-4-1-2-5-18(17)26(14-16-7-13-32-15-16)23(29)21(20)27(30)31;1-23(2,3)15-26-17-8-5-4-7-16(17)19(20(22(26)29)27(30)31)24-10-12-25(13-11-24)21(28)18-9-6-14-32-18;21-20(22,23)12-26-14-5-2-1-4-13(14)16(17(19(26)29)27(30)31)24-7-9-25(10-8-24)18(28)15-6-3-11-32-15;;;/h1-7,12-13,15H,8-11,14H2;4-9,14H,10-13,15H2,1-3H3;1-6,11H,7-10,12H2;3*1H4. The Hall–Kier alpha value is -10.5. The lowest BCUT2D eigenvalue weighted by molar-refractivity contribution is -0.385. The van der Waals surface area contributed by atoms with Crippen molar-refractivity contribution >= 4 is 119 Å². The summed E-state index contributed by atoms with van der Waals surface area (Å²) in [6, 6.07) is 32.7. The highest BCUT2D eigenvalue weighted by Crippen LogP contribution is 2.39. The van der Waals surface area contributed by atoms with Crippen molar-refractivity contribution in [2.45, 2.75) is 68.9 Å². The Bertz CT molecular complexity index is 4590. The number of hydrogen-bond acceptors (Lipinski definition) is 19. The van der Waals surface area contributed by atoms with E-state index < -0.39 is 61.2 Å². The molecule has 3 aromatic carbocycles. The highest BCUT2D eigenvalue weighted by atomic mass is 32.1. The van der Waals surface area contributed by atoms with E-state index in [1.54, 1.807) is 32.9 Å². The second-order valence-electron chi connectivity index (χ2n) is 24.2. The molecule has 3 aliphatic rings. The van der Waals surface area contributed by atoms with E-state index in [1.807, 2.05) is 119 Å². The molecule has 13 rings (SSSR count). The molecule has 31 heteroatoms. The van der Waals surface area contributed by atoms with Crippen LogP contribution in [-0.2, 0) is 19.6 Å². The molecule has 100 heavy (non-hydrogen) atoms. The number of aromatic nitrogens is 3. The molecule has 10 heterocycles. The van der Waals surface area contributed by atoms with Crippen LogP contribution in [0.1, 0.15) is 78.5 Å². The highest BCUT2D eigenvalue weighted by molar-refractivity contribution is 7.12. The predicted octanol–water partition coefficient (Wildman–Crippen LogP) is 13.0. The minimum atomic E-state index is -4.74. The van der Waals surface area contributed by atoms with Gasteiger partial charge < -0.3 is 38.4 Å². The van der Waals surface area contributed by atoms with Crippen molar-refractivity contribution in [2.75, 3.05) is 93.2 Å². The van der Waals surface area contributed by atoms with E-state index in [0.29, 0.717) is 106 Å². The van der Waals surface area contributed by atoms with Crippen LogP contribution in [0.3, 0.4) is 0 Å². The number of rotatable bonds is 13. The zero-order valence-corrected chi connectivity index (χ0v) is 54.9. The number of piperazine rings is 3. The SMILES string of the molecule is C.C.C.CC(C)(C)Cn1c(=O)c([N+](=O)[O-])c(N2CCN(C(=O)c3cccs3)CC2)c2ccccc21.O=C(c1ccco1)N1CCN(c2c([N+](=O)[O-])c(=O)n(CC(F)(F)F)c3ccccc23)CC1.O=C(c1cccs1)N1CCN(c2c([N+](=O)[O-])c(=O)n(Cc3ccsc3)c3ccccc23)CC1. The lowest BCUT2D eigenvalue weighted by Gasteiger charge is -2.36. The summed E-state index contributed by atoms with van der Waals surface area (Å²) in [7, 11) is 0. The fraction of sp³-hybridized carbons (Fsp3) is 0.333. The highest BCUT2D eigenvalue weighted by Gasteiger charge is 2.38. The van der Waals surface area contributed by atoms with Gasteiger partial charge >= 0.3 is 39.9 Å². The van der Waals surface area contributed by atoms with Crippen LogP contribution in [0, 0.1) is 35.8 Å². The Kier molecular flexibility index (Phi) is 23.7. The third-order valence-corrected chi connectivity index (χ3v) is 19.1. The van der Waals surface area contributed by atoms with Crippen LogP contribution in [-0.4, -0.2) is 146 Å². The normalized spacial score (nSPS) is 14.1. The molecule has 0 atom stereocenters. The van der Waals surface area contributed by atoms with Crippen molar-refractivity contribution in [1.82, 2.24) is 28.4 Å². The van der Waals surface area contributed by atoms with Crippen molar-refractivity contribution in [2.24, 2.45) is 5.41 Å². The fourth-order valence-electron chi connectivity index (χ4n) is 12.3. The van der Waals surface area contributed by atoms with Crippen molar-refractivity contribution in [1.29, 1.82) is 0 Å². The number of pyridine rings is 3. The topological polar surface area (TPSA) is 279 Å². The van der Waals surface area contributed by atoms with Crippen LogP contribution in [0.15, 0.2) is 162 Å². The number of amides is 3. The average Bonchev–Trinajstić information content (AvgIpc) is 1.32. The lowest BCUT2D eigenvalue weighted by Crippen LogP contribution is -2.49. The molecule has 528 valence electrons. The van der Waals surface area contributed by atoms with Gasteiger partial charge in [-0.3, -0.25) is 68.2 Å². The van der Waals surface area contributed by atoms with E-state index in [-0.39, 0.29) is 100 Å². The number of carbonyl (C=O) groups excluding carboxylic acids is 3. The molecule has 25 nitrogen and oxygen atoms in total. The smallest absolute Gasteiger partial charge is 0.406 e. The third-order valence-electron chi connectivity index (χ3n) is 16.6. The molecular formula is C69H75F3N12O13S3. The number of anilines is 3. The maximum Gasteiger partial charge on any atom is 0.406 e. The first-order valence-electron chi connectivity index (χ1n) is 30.6. The van der Waals surface area contributed by atoms with Crippen molar-refractivity contribution < 1.29 is 46.7 Å². The van der Waals surface area contributed by atoms with Gasteiger partial charge in [-0.15, -0.1) is 22.7 Å². The molecule has 7 aromatic heterocycles. The number of nitro groups is 3. The van der Waals surface area contributed by atoms with Crippen LogP contribution in [0.2, 0.25) is 0 Å². The quantitative estimate of drug-likeness (QED) is 0.0766. The second-order valence-corrected chi connectivity index (χ2v) is 26.8. The summed E-state index contributed by atoms with van der Waals surface area (Å²) in [6.07, 6.45) is -3.37. The Morgan fingerprint density at radius 3 is 1.17 bits per heavy atom. The van der Waals surface area contributed by atoms with Crippen LogP contribution < -0.4 is 31.4 Å². The van der Waals surface area contributed by atoms with Crippen molar-refractivity contribution in [3.8, 4) is 0 Å². The maximum absolute atomic E-state index is 13.4. The number of hydrogen-bond donors (Lipinski definition) is 0.